The molecule has 1 aliphatic carbocycles. The van der Waals surface area contributed by atoms with Crippen LogP contribution in [0.3, 0.4) is 0 Å². The first-order valence-corrected chi connectivity index (χ1v) is 7.64. The van der Waals surface area contributed by atoms with Crippen LogP contribution in [0.4, 0.5) is 0 Å². The molecule has 0 aromatic carbocycles. The molecule has 0 atom stereocenters. The first-order valence-electron chi connectivity index (χ1n) is 7.64. The lowest BCUT2D eigenvalue weighted by atomic mass is 9.80. The molecule has 1 saturated carbocycles. The maximum Gasteiger partial charge on any atom is 0.131 e. The molecule has 1 heterocycles. The molecular weight excluding hydrogens is 220 g/mol. The van der Waals surface area contributed by atoms with E-state index in [0.29, 0.717) is 5.92 Å². The van der Waals surface area contributed by atoms with Gasteiger partial charge < -0.3 is 0 Å². The van der Waals surface area contributed by atoms with Crippen LogP contribution in [-0.2, 0) is 6.42 Å². The molecule has 0 saturated heterocycles. The molecule has 0 bridgehead atoms. The molecule has 1 aliphatic rings. The summed E-state index contributed by atoms with van der Waals surface area (Å²) < 4.78 is 0. The third kappa shape index (κ3) is 3.54. The van der Waals surface area contributed by atoms with Crippen LogP contribution in [-0.4, -0.2) is 9.97 Å². The average molecular weight is 246 g/mol. The molecule has 2 heteroatoms. The number of hydrogen-bond acceptors (Lipinski definition) is 2. The number of aryl methyl sites for hydroxylation is 1. The third-order valence-corrected chi connectivity index (χ3v) is 4.17. The highest BCUT2D eigenvalue weighted by Gasteiger charge is 2.23. The van der Waals surface area contributed by atoms with Crippen molar-refractivity contribution in [3.05, 3.63) is 23.8 Å². The van der Waals surface area contributed by atoms with Gasteiger partial charge in [-0.3, -0.25) is 0 Å². The highest BCUT2D eigenvalue weighted by Crippen LogP contribution is 2.35. The van der Waals surface area contributed by atoms with Gasteiger partial charge in [0.15, 0.2) is 0 Å². The molecule has 1 aromatic rings. The fourth-order valence-electron chi connectivity index (χ4n) is 3.11. The lowest BCUT2D eigenvalue weighted by molar-refractivity contribution is 0.302. The van der Waals surface area contributed by atoms with Crippen LogP contribution in [0.2, 0.25) is 0 Å². The fourth-order valence-corrected chi connectivity index (χ4v) is 3.11. The smallest absolute Gasteiger partial charge is 0.131 e. The largest absolute Gasteiger partial charge is 0.241 e. The number of rotatable bonds is 5. The van der Waals surface area contributed by atoms with Gasteiger partial charge in [-0.15, -0.1) is 0 Å². The fraction of sp³-hybridized carbons (Fsp3) is 0.750. The van der Waals surface area contributed by atoms with Crippen LogP contribution >= 0.6 is 0 Å². The maximum atomic E-state index is 4.58. The molecule has 0 amide bonds. The van der Waals surface area contributed by atoms with Crippen molar-refractivity contribution in [1.82, 2.24) is 9.97 Å². The highest BCUT2D eigenvalue weighted by molar-refractivity contribution is 5.08. The van der Waals surface area contributed by atoms with E-state index in [4.69, 9.17) is 0 Å². The molecule has 0 aliphatic heterocycles. The maximum absolute atomic E-state index is 4.58. The Kier molecular flexibility index (Phi) is 5.15. The summed E-state index contributed by atoms with van der Waals surface area (Å²) in [6.45, 7) is 4.49. The van der Waals surface area contributed by atoms with E-state index in [0.717, 1.165) is 18.2 Å². The minimum atomic E-state index is 0.619. The van der Waals surface area contributed by atoms with Crippen LogP contribution in [0, 0.1) is 5.92 Å². The van der Waals surface area contributed by atoms with E-state index in [1.54, 1.807) is 0 Å². The molecular formula is C16H26N2. The minimum absolute atomic E-state index is 0.619. The van der Waals surface area contributed by atoms with Gasteiger partial charge in [-0.2, -0.15) is 0 Å². The molecule has 0 radical (unpaired) electrons. The molecule has 100 valence electrons. The topological polar surface area (TPSA) is 25.8 Å². The van der Waals surface area contributed by atoms with Gasteiger partial charge in [-0.25, -0.2) is 9.97 Å². The van der Waals surface area contributed by atoms with Gasteiger partial charge in [0.2, 0.25) is 0 Å². The van der Waals surface area contributed by atoms with E-state index in [1.165, 1.54) is 50.5 Å². The van der Waals surface area contributed by atoms with Gasteiger partial charge in [0.1, 0.15) is 5.82 Å². The summed E-state index contributed by atoms with van der Waals surface area (Å²) in [5.41, 5.74) is 1.28. The van der Waals surface area contributed by atoms with Gasteiger partial charge in [0.05, 0.1) is 0 Å². The van der Waals surface area contributed by atoms with E-state index < -0.39 is 0 Å². The number of hydrogen-bond donors (Lipinski definition) is 0. The van der Waals surface area contributed by atoms with Gasteiger partial charge in [-0.05, 0) is 43.6 Å². The van der Waals surface area contributed by atoms with Crippen LogP contribution in [0.5, 0.6) is 0 Å². The Hall–Kier alpha value is -0.920. The minimum Gasteiger partial charge on any atom is -0.241 e. The van der Waals surface area contributed by atoms with Crippen molar-refractivity contribution in [2.24, 2.45) is 5.92 Å². The van der Waals surface area contributed by atoms with Crippen LogP contribution in [0.15, 0.2) is 12.4 Å². The molecule has 0 N–H and O–H groups in total. The van der Waals surface area contributed by atoms with Crippen molar-refractivity contribution in [3.8, 4) is 0 Å². The predicted octanol–water partition coefficient (Wildman–Crippen LogP) is 4.50. The Balaban J connectivity index is 1.89. The van der Waals surface area contributed by atoms with Crippen molar-refractivity contribution in [3.63, 3.8) is 0 Å². The van der Waals surface area contributed by atoms with E-state index in [-0.39, 0.29) is 0 Å². The Morgan fingerprint density at radius 2 is 1.67 bits per heavy atom. The van der Waals surface area contributed by atoms with E-state index in [9.17, 15) is 0 Å². The average Bonchev–Trinajstić information content (AvgIpc) is 2.41. The zero-order valence-electron chi connectivity index (χ0n) is 11.9. The van der Waals surface area contributed by atoms with Crippen LogP contribution < -0.4 is 0 Å². The lowest BCUT2D eigenvalue weighted by Crippen LogP contribution is -2.15. The summed E-state index contributed by atoms with van der Waals surface area (Å²) in [5.74, 6) is 2.67. The second-order valence-corrected chi connectivity index (χ2v) is 5.71. The Morgan fingerprint density at radius 3 is 2.22 bits per heavy atom. The van der Waals surface area contributed by atoms with E-state index in [1.807, 2.05) is 12.4 Å². The standard InChI is InChI=1S/C16H26N2/c1-3-5-13-7-9-15(10-8-13)16-17-11-14(6-4-2)12-18-16/h11-13,15H,3-10H2,1-2H3. The number of aromatic nitrogens is 2. The number of nitrogens with zero attached hydrogens (tertiary/aromatic N) is 2. The summed E-state index contributed by atoms with van der Waals surface area (Å²) in [5, 5.41) is 0. The SMILES string of the molecule is CCCc1cnc(C2CCC(CCC)CC2)nc1. The zero-order valence-corrected chi connectivity index (χ0v) is 11.9. The quantitative estimate of drug-likeness (QED) is 0.764. The first kappa shape index (κ1) is 13.5. The van der Waals surface area contributed by atoms with Crippen molar-refractivity contribution in [2.75, 3.05) is 0 Å². The third-order valence-electron chi connectivity index (χ3n) is 4.17. The summed E-state index contributed by atoms with van der Waals surface area (Å²) in [4.78, 5) is 9.16. The van der Waals surface area contributed by atoms with Crippen LogP contribution in [0.1, 0.15) is 76.1 Å². The Morgan fingerprint density at radius 1 is 1.00 bits per heavy atom. The van der Waals surface area contributed by atoms with E-state index in [2.05, 4.69) is 23.8 Å². The van der Waals surface area contributed by atoms with Gasteiger partial charge >= 0.3 is 0 Å². The van der Waals surface area contributed by atoms with Gasteiger partial charge in [-0.1, -0.05) is 33.1 Å². The lowest BCUT2D eigenvalue weighted by Gasteiger charge is -2.27. The van der Waals surface area contributed by atoms with Crippen LogP contribution in [0.25, 0.3) is 0 Å². The van der Waals surface area contributed by atoms with Crippen molar-refractivity contribution in [1.29, 1.82) is 0 Å². The Bertz CT molecular complexity index is 337. The first-order chi connectivity index (χ1) is 8.83. The van der Waals surface area contributed by atoms with Gasteiger partial charge in [0.25, 0.3) is 0 Å². The van der Waals surface area contributed by atoms with Crippen molar-refractivity contribution < 1.29 is 0 Å². The van der Waals surface area contributed by atoms with Crippen molar-refractivity contribution >= 4 is 0 Å². The second-order valence-electron chi connectivity index (χ2n) is 5.71. The predicted molar refractivity (Wildman–Crippen MR) is 75.6 cm³/mol. The summed E-state index contributed by atoms with van der Waals surface area (Å²) in [7, 11) is 0. The summed E-state index contributed by atoms with van der Waals surface area (Å²) in [6.07, 6.45) is 14.4. The molecule has 0 spiro atoms. The normalized spacial score (nSPS) is 24.1. The molecule has 1 fully saturated rings. The Labute approximate surface area is 111 Å². The molecule has 0 unspecified atom stereocenters. The summed E-state index contributed by atoms with van der Waals surface area (Å²) in [6, 6.07) is 0. The molecule has 2 rings (SSSR count). The van der Waals surface area contributed by atoms with Crippen molar-refractivity contribution in [2.45, 2.75) is 71.1 Å². The molecule has 18 heavy (non-hydrogen) atoms. The van der Waals surface area contributed by atoms with Gasteiger partial charge in [0, 0.05) is 18.3 Å². The monoisotopic (exact) mass is 246 g/mol. The van der Waals surface area contributed by atoms with E-state index >= 15 is 0 Å². The molecule has 2 nitrogen and oxygen atoms in total. The summed E-state index contributed by atoms with van der Waals surface area (Å²) >= 11 is 0. The molecule has 1 aromatic heterocycles. The highest BCUT2D eigenvalue weighted by atomic mass is 14.9. The second kappa shape index (κ2) is 6.86. The zero-order chi connectivity index (χ0) is 12.8.